The van der Waals surface area contributed by atoms with Gasteiger partial charge in [-0.05, 0) is 42.8 Å². The third-order valence-corrected chi connectivity index (χ3v) is 4.78. The van der Waals surface area contributed by atoms with Crippen LogP contribution in [0.2, 0.25) is 0 Å². The molecule has 6 heteroatoms. The molecule has 0 aliphatic heterocycles. The largest absolute Gasteiger partial charge is 0.439 e. The van der Waals surface area contributed by atoms with E-state index >= 15 is 0 Å². The third kappa shape index (κ3) is 3.44. The van der Waals surface area contributed by atoms with Crippen LogP contribution in [-0.2, 0) is 6.42 Å². The molecule has 4 rings (SSSR count). The second-order valence-electron chi connectivity index (χ2n) is 5.31. The van der Waals surface area contributed by atoms with Gasteiger partial charge in [0.1, 0.15) is 22.7 Å². The second-order valence-corrected chi connectivity index (χ2v) is 6.42. The molecule has 0 saturated carbocycles. The van der Waals surface area contributed by atoms with Gasteiger partial charge in [0.2, 0.25) is 11.8 Å². The molecular weight excluding hydrogens is 334 g/mol. The number of nitrogens with zero attached hydrogens (tertiary/aromatic N) is 3. The van der Waals surface area contributed by atoms with E-state index in [9.17, 15) is 0 Å². The molecule has 0 radical (unpaired) electrons. The number of aromatic nitrogens is 3. The number of aryl methyl sites for hydroxylation is 1. The fourth-order valence-electron chi connectivity index (χ4n) is 2.35. The lowest BCUT2D eigenvalue weighted by Gasteiger charge is -2.07. The van der Waals surface area contributed by atoms with Crippen molar-refractivity contribution < 1.29 is 9.47 Å². The van der Waals surface area contributed by atoms with Gasteiger partial charge < -0.3 is 9.47 Å². The van der Waals surface area contributed by atoms with E-state index in [1.807, 2.05) is 42.5 Å². The van der Waals surface area contributed by atoms with Crippen LogP contribution >= 0.6 is 11.3 Å². The molecule has 3 aromatic heterocycles. The van der Waals surface area contributed by atoms with Gasteiger partial charge in [-0.25, -0.2) is 15.0 Å². The average molecular weight is 349 g/mol. The molecule has 0 fully saturated rings. The minimum absolute atomic E-state index is 0.555. The maximum Gasteiger partial charge on any atom is 0.231 e. The number of hydrogen-bond donors (Lipinski definition) is 0. The van der Waals surface area contributed by atoms with Crippen molar-refractivity contribution in [2.45, 2.75) is 13.3 Å². The van der Waals surface area contributed by atoms with Crippen LogP contribution in [-0.4, -0.2) is 15.0 Å². The summed E-state index contributed by atoms with van der Waals surface area (Å²) in [6, 6.07) is 15.0. The number of fused-ring (bicyclic) bond motifs is 1. The van der Waals surface area contributed by atoms with Gasteiger partial charge in [-0.15, -0.1) is 11.3 Å². The standard InChI is InChI=1S/C19H15N3O2S/c1-2-15-11-16-18(21-12-22-19(16)25-15)24-14-8-6-13(7-9-14)23-17-5-3-4-10-20-17/h3-12H,2H2,1H3. The Balaban J connectivity index is 1.54. The molecule has 0 aliphatic carbocycles. The molecule has 0 aliphatic rings. The molecule has 124 valence electrons. The Hall–Kier alpha value is -2.99. The van der Waals surface area contributed by atoms with E-state index in [0.29, 0.717) is 23.3 Å². The Morgan fingerprint density at radius 1 is 0.920 bits per heavy atom. The summed E-state index contributed by atoms with van der Waals surface area (Å²) >= 11 is 1.67. The van der Waals surface area contributed by atoms with E-state index in [2.05, 4.69) is 27.9 Å². The highest BCUT2D eigenvalue weighted by atomic mass is 32.1. The van der Waals surface area contributed by atoms with Crippen molar-refractivity contribution in [2.75, 3.05) is 0 Å². The van der Waals surface area contributed by atoms with Crippen LogP contribution in [0.3, 0.4) is 0 Å². The molecule has 5 nitrogen and oxygen atoms in total. The van der Waals surface area contributed by atoms with Crippen molar-refractivity contribution in [1.29, 1.82) is 0 Å². The Morgan fingerprint density at radius 2 is 1.72 bits per heavy atom. The zero-order valence-electron chi connectivity index (χ0n) is 13.5. The molecule has 0 spiro atoms. The van der Waals surface area contributed by atoms with Gasteiger partial charge in [-0.3, -0.25) is 0 Å². The number of thiophene rings is 1. The van der Waals surface area contributed by atoms with Gasteiger partial charge in [0.05, 0.1) is 5.39 Å². The quantitative estimate of drug-likeness (QED) is 0.493. The maximum absolute atomic E-state index is 5.94. The van der Waals surface area contributed by atoms with Gasteiger partial charge in [0.25, 0.3) is 0 Å². The highest BCUT2D eigenvalue weighted by molar-refractivity contribution is 7.18. The van der Waals surface area contributed by atoms with Gasteiger partial charge in [0.15, 0.2) is 0 Å². The van der Waals surface area contributed by atoms with Crippen molar-refractivity contribution in [3.8, 4) is 23.3 Å². The predicted octanol–water partition coefficient (Wildman–Crippen LogP) is 5.23. The number of ether oxygens (including phenoxy) is 2. The van der Waals surface area contributed by atoms with Crippen LogP contribution < -0.4 is 9.47 Å². The van der Waals surface area contributed by atoms with Crippen LogP contribution in [0.4, 0.5) is 0 Å². The molecular formula is C19H15N3O2S. The van der Waals surface area contributed by atoms with Crippen molar-refractivity contribution in [3.63, 3.8) is 0 Å². The summed E-state index contributed by atoms with van der Waals surface area (Å²) in [7, 11) is 0. The Bertz CT molecular complexity index is 985. The summed E-state index contributed by atoms with van der Waals surface area (Å²) in [5.41, 5.74) is 0. The first-order valence-corrected chi connectivity index (χ1v) is 8.73. The van der Waals surface area contributed by atoms with Gasteiger partial charge in [0, 0.05) is 17.1 Å². The zero-order valence-corrected chi connectivity index (χ0v) is 14.4. The number of pyridine rings is 1. The van der Waals surface area contributed by atoms with Crippen LogP contribution in [0.1, 0.15) is 11.8 Å². The topological polar surface area (TPSA) is 57.1 Å². The van der Waals surface area contributed by atoms with Crippen molar-refractivity contribution in [3.05, 3.63) is 65.9 Å². The van der Waals surface area contributed by atoms with E-state index in [4.69, 9.17) is 9.47 Å². The summed E-state index contributed by atoms with van der Waals surface area (Å²) in [5.74, 6) is 2.51. The number of hydrogen-bond acceptors (Lipinski definition) is 6. The molecule has 0 bridgehead atoms. The third-order valence-electron chi connectivity index (χ3n) is 3.59. The highest BCUT2D eigenvalue weighted by Crippen LogP contribution is 2.33. The molecule has 0 saturated heterocycles. The normalized spacial score (nSPS) is 10.8. The Morgan fingerprint density at radius 3 is 2.44 bits per heavy atom. The molecule has 1 aromatic carbocycles. The second kappa shape index (κ2) is 6.86. The monoisotopic (exact) mass is 349 g/mol. The lowest BCUT2D eigenvalue weighted by Crippen LogP contribution is -1.90. The summed E-state index contributed by atoms with van der Waals surface area (Å²) < 4.78 is 11.6. The van der Waals surface area contributed by atoms with Crippen LogP contribution in [0.25, 0.3) is 10.2 Å². The van der Waals surface area contributed by atoms with Crippen LogP contribution in [0.5, 0.6) is 23.3 Å². The molecule has 4 aromatic rings. The van der Waals surface area contributed by atoms with Crippen molar-refractivity contribution in [2.24, 2.45) is 0 Å². The summed E-state index contributed by atoms with van der Waals surface area (Å²) in [5, 5.41) is 0.943. The minimum Gasteiger partial charge on any atom is -0.439 e. The molecule has 3 heterocycles. The zero-order chi connectivity index (χ0) is 17.1. The van der Waals surface area contributed by atoms with Crippen LogP contribution in [0, 0.1) is 0 Å². The van der Waals surface area contributed by atoms with E-state index in [1.54, 1.807) is 17.5 Å². The lowest BCUT2D eigenvalue weighted by molar-refractivity contribution is 0.453. The molecule has 25 heavy (non-hydrogen) atoms. The molecule has 0 atom stereocenters. The van der Waals surface area contributed by atoms with E-state index in [0.717, 1.165) is 16.6 Å². The minimum atomic E-state index is 0.555. The number of benzene rings is 1. The highest BCUT2D eigenvalue weighted by Gasteiger charge is 2.10. The van der Waals surface area contributed by atoms with Crippen molar-refractivity contribution in [1.82, 2.24) is 15.0 Å². The fourth-order valence-corrected chi connectivity index (χ4v) is 3.28. The first-order valence-electron chi connectivity index (χ1n) is 7.92. The Labute approximate surface area is 148 Å². The van der Waals surface area contributed by atoms with Gasteiger partial charge in [-0.1, -0.05) is 13.0 Å². The SMILES string of the molecule is CCc1cc2c(Oc3ccc(Oc4ccccn4)cc3)ncnc2s1. The van der Waals surface area contributed by atoms with E-state index < -0.39 is 0 Å². The molecule has 0 N–H and O–H groups in total. The summed E-state index contributed by atoms with van der Waals surface area (Å²) in [6.07, 6.45) is 4.20. The lowest BCUT2D eigenvalue weighted by atomic mass is 10.3. The van der Waals surface area contributed by atoms with E-state index in [-0.39, 0.29) is 0 Å². The fraction of sp³-hybridized carbons (Fsp3) is 0.105. The summed E-state index contributed by atoms with van der Waals surface area (Å²) in [6.45, 7) is 2.12. The van der Waals surface area contributed by atoms with Crippen molar-refractivity contribution >= 4 is 21.6 Å². The molecule has 0 amide bonds. The summed E-state index contributed by atoms with van der Waals surface area (Å²) in [4.78, 5) is 14.9. The first kappa shape index (κ1) is 15.5. The smallest absolute Gasteiger partial charge is 0.231 e. The molecule has 0 unspecified atom stereocenters. The average Bonchev–Trinajstić information content (AvgIpc) is 3.09. The van der Waals surface area contributed by atoms with E-state index in [1.165, 1.54) is 11.2 Å². The Kier molecular flexibility index (Phi) is 4.26. The van der Waals surface area contributed by atoms with Gasteiger partial charge >= 0.3 is 0 Å². The first-order chi connectivity index (χ1) is 12.3. The maximum atomic E-state index is 5.94. The van der Waals surface area contributed by atoms with Gasteiger partial charge in [-0.2, -0.15) is 0 Å². The van der Waals surface area contributed by atoms with Crippen LogP contribution in [0.15, 0.2) is 61.1 Å². The number of rotatable bonds is 5. The predicted molar refractivity (Wildman–Crippen MR) is 97.6 cm³/mol.